The van der Waals surface area contributed by atoms with Gasteiger partial charge in [0, 0.05) is 19.6 Å². The van der Waals surface area contributed by atoms with E-state index in [1.807, 2.05) is 71.0 Å². The molecule has 2 unspecified atom stereocenters. The first-order valence-electron chi connectivity index (χ1n) is 11.6. The van der Waals surface area contributed by atoms with Gasteiger partial charge in [-0.25, -0.2) is 9.69 Å². The van der Waals surface area contributed by atoms with Crippen LogP contribution in [0.2, 0.25) is 0 Å². The van der Waals surface area contributed by atoms with E-state index in [-0.39, 0.29) is 23.8 Å². The second-order valence-electron chi connectivity index (χ2n) is 9.61. The van der Waals surface area contributed by atoms with Crippen LogP contribution in [0.3, 0.4) is 0 Å². The monoisotopic (exact) mass is 436 g/mol. The Labute approximate surface area is 192 Å². The molecule has 3 rings (SSSR count). The van der Waals surface area contributed by atoms with Crippen molar-refractivity contribution in [2.45, 2.75) is 65.8 Å². The molecule has 32 heavy (non-hydrogen) atoms. The van der Waals surface area contributed by atoms with Crippen LogP contribution in [-0.2, 0) is 22.6 Å². The number of amides is 2. The summed E-state index contributed by atoms with van der Waals surface area (Å²) >= 11 is 0. The average molecular weight is 437 g/mol. The smallest absolute Gasteiger partial charge is 0.417 e. The first-order valence-corrected chi connectivity index (χ1v) is 11.6. The Morgan fingerprint density at radius 1 is 1.00 bits per heavy atom. The minimum atomic E-state index is -0.688. The Balaban J connectivity index is 1.82. The van der Waals surface area contributed by atoms with Crippen LogP contribution in [0.15, 0.2) is 60.7 Å². The van der Waals surface area contributed by atoms with Crippen molar-refractivity contribution in [1.82, 2.24) is 9.80 Å². The van der Waals surface area contributed by atoms with Crippen LogP contribution in [-0.4, -0.2) is 40.0 Å². The lowest BCUT2D eigenvalue weighted by atomic mass is 9.88. The van der Waals surface area contributed by atoms with Crippen molar-refractivity contribution < 1.29 is 14.3 Å². The number of ether oxygens (including phenoxy) is 1. The second kappa shape index (κ2) is 10.3. The molecule has 1 fully saturated rings. The Hall–Kier alpha value is -2.66. The van der Waals surface area contributed by atoms with Gasteiger partial charge in [0.15, 0.2) is 0 Å². The van der Waals surface area contributed by atoms with Crippen LogP contribution >= 0.6 is 0 Å². The van der Waals surface area contributed by atoms with E-state index in [1.54, 1.807) is 0 Å². The molecule has 0 bridgehead atoms. The van der Waals surface area contributed by atoms with Gasteiger partial charge in [0.25, 0.3) is 0 Å². The van der Waals surface area contributed by atoms with Gasteiger partial charge in [-0.2, -0.15) is 0 Å². The molecule has 1 saturated heterocycles. The Morgan fingerprint density at radius 2 is 1.50 bits per heavy atom. The highest BCUT2D eigenvalue weighted by atomic mass is 16.6. The van der Waals surface area contributed by atoms with E-state index in [2.05, 4.69) is 29.2 Å². The van der Waals surface area contributed by atoms with Crippen LogP contribution in [0.4, 0.5) is 4.79 Å². The van der Waals surface area contributed by atoms with Gasteiger partial charge in [-0.3, -0.25) is 9.69 Å². The van der Waals surface area contributed by atoms with Crippen LogP contribution in [0.25, 0.3) is 0 Å². The van der Waals surface area contributed by atoms with E-state index in [1.165, 1.54) is 16.0 Å². The van der Waals surface area contributed by atoms with Crippen molar-refractivity contribution in [2.75, 3.05) is 6.54 Å². The minimum Gasteiger partial charge on any atom is -0.441 e. The average Bonchev–Trinajstić information content (AvgIpc) is 3.01. The molecule has 2 aromatic carbocycles. The van der Waals surface area contributed by atoms with Crippen LogP contribution in [0.1, 0.15) is 52.2 Å². The number of hydrogen-bond acceptors (Lipinski definition) is 4. The Morgan fingerprint density at radius 3 is 1.94 bits per heavy atom. The summed E-state index contributed by atoms with van der Waals surface area (Å²) in [5.74, 6) is -0.305. The molecule has 1 heterocycles. The number of carbonyl (C=O) groups excluding carboxylic acids is 2. The van der Waals surface area contributed by atoms with Gasteiger partial charge in [-0.1, -0.05) is 81.4 Å². The van der Waals surface area contributed by atoms with E-state index in [0.717, 1.165) is 13.1 Å². The molecule has 0 aromatic heterocycles. The zero-order valence-corrected chi connectivity index (χ0v) is 20.0. The van der Waals surface area contributed by atoms with E-state index < -0.39 is 11.7 Å². The van der Waals surface area contributed by atoms with Gasteiger partial charge in [0.2, 0.25) is 5.91 Å². The first-order chi connectivity index (χ1) is 15.2. The molecule has 1 aliphatic rings. The molecular formula is C27H36N2O3. The fourth-order valence-corrected chi connectivity index (χ4v) is 4.85. The Bertz CT molecular complexity index is 854. The third-order valence-corrected chi connectivity index (χ3v) is 6.23. The van der Waals surface area contributed by atoms with Crippen molar-refractivity contribution in [3.05, 3.63) is 71.8 Å². The highest BCUT2D eigenvalue weighted by molar-refractivity contribution is 5.95. The highest BCUT2D eigenvalue weighted by Gasteiger charge is 2.52. The molecule has 2 atom stereocenters. The van der Waals surface area contributed by atoms with Gasteiger partial charge < -0.3 is 4.74 Å². The number of benzene rings is 2. The molecular weight excluding hydrogens is 400 g/mol. The van der Waals surface area contributed by atoms with E-state index in [0.29, 0.717) is 13.0 Å². The SMILES string of the molecule is CCC(CN(Cc1ccccc1)Cc1ccccc1)C(=O)N1C(=O)OC(C)(C)C1C(C)C. The predicted molar refractivity (Wildman–Crippen MR) is 127 cm³/mol. The molecule has 2 aromatic rings. The van der Waals surface area contributed by atoms with Crippen LogP contribution < -0.4 is 0 Å². The van der Waals surface area contributed by atoms with Crippen molar-refractivity contribution in [3.8, 4) is 0 Å². The predicted octanol–water partition coefficient (Wildman–Crippen LogP) is 5.50. The number of rotatable bonds is 9. The summed E-state index contributed by atoms with van der Waals surface area (Å²) in [5, 5.41) is 0. The van der Waals surface area contributed by atoms with Crippen LogP contribution in [0.5, 0.6) is 0 Å². The van der Waals surface area contributed by atoms with Crippen molar-refractivity contribution in [2.24, 2.45) is 11.8 Å². The normalized spacial score (nSPS) is 18.8. The molecule has 5 nitrogen and oxygen atoms in total. The van der Waals surface area contributed by atoms with E-state index >= 15 is 0 Å². The van der Waals surface area contributed by atoms with Gasteiger partial charge >= 0.3 is 6.09 Å². The molecule has 1 aliphatic heterocycles. The summed E-state index contributed by atoms with van der Waals surface area (Å²) in [6, 6.07) is 20.3. The fraction of sp³-hybridized carbons (Fsp3) is 0.481. The number of cyclic esters (lactones) is 1. The topological polar surface area (TPSA) is 49.9 Å². The first kappa shape index (κ1) is 24.0. The quantitative estimate of drug-likeness (QED) is 0.521. The number of nitrogens with zero attached hydrogens (tertiary/aromatic N) is 2. The van der Waals surface area contributed by atoms with Crippen molar-refractivity contribution >= 4 is 12.0 Å². The maximum atomic E-state index is 13.6. The summed E-state index contributed by atoms with van der Waals surface area (Å²) in [5.41, 5.74) is 1.72. The standard InChI is InChI=1S/C27H36N2O3/c1-6-23(25(30)29-24(20(2)3)27(4,5)32-26(29)31)19-28(17-21-13-9-7-10-14-21)18-22-15-11-8-12-16-22/h7-16,20,23-24H,6,17-19H2,1-5H3. The summed E-state index contributed by atoms with van der Waals surface area (Å²) in [6.45, 7) is 11.9. The Kier molecular flexibility index (Phi) is 7.73. The summed E-state index contributed by atoms with van der Waals surface area (Å²) in [6.07, 6.45) is 0.142. The number of carbonyl (C=O) groups is 2. The van der Waals surface area contributed by atoms with E-state index in [4.69, 9.17) is 4.74 Å². The molecule has 5 heteroatoms. The van der Waals surface area contributed by atoms with Gasteiger partial charge in [0.1, 0.15) is 5.60 Å². The third-order valence-electron chi connectivity index (χ3n) is 6.23. The van der Waals surface area contributed by atoms with Crippen LogP contribution in [0, 0.1) is 11.8 Å². The minimum absolute atomic E-state index is 0.114. The second-order valence-corrected chi connectivity index (χ2v) is 9.61. The number of imide groups is 1. The molecule has 2 amide bonds. The molecule has 0 N–H and O–H groups in total. The molecule has 0 spiro atoms. The van der Waals surface area contributed by atoms with Gasteiger partial charge in [-0.15, -0.1) is 0 Å². The highest BCUT2D eigenvalue weighted by Crippen LogP contribution is 2.35. The summed E-state index contributed by atoms with van der Waals surface area (Å²) in [7, 11) is 0. The summed E-state index contributed by atoms with van der Waals surface area (Å²) in [4.78, 5) is 30.0. The number of hydrogen-bond donors (Lipinski definition) is 0. The van der Waals surface area contributed by atoms with Crippen molar-refractivity contribution in [3.63, 3.8) is 0 Å². The molecule has 0 saturated carbocycles. The van der Waals surface area contributed by atoms with Gasteiger partial charge in [0.05, 0.1) is 12.0 Å². The zero-order valence-electron chi connectivity index (χ0n) is 20.0. The van der Waals surface area contributed by atoms with Crippen molar-refractivity contribution in [1.29, 1.82) is 0 Å². The van der Waals surface area contributed by atoms with E-state index in [9.17, 15) is 9.59 Å². The fourth-order valence-electron chi connectivity index (χ4n) is 4.85. The third kappa shape index (κ3) is 5.57. The molecule has 0 aliphatic carbocycles. The molecule has 0 radical (unpaired) electrons. The lowest BCUT2D eigenvalue weighted by Crippen LogP contribution is -2.51. The maximum Gasteiger partial charge on any atom is 0.417 e. The lowest BCUT2D eigenvalue weighted by Gasteiger charge is -2.34. The maximum absolute atomic E-state index is 13.6. The summed E-state index contributed by atoms with van der Waals surface area (Å²) < 4.78 is 5.60. The zero-order chi connectivity index (χ0) is 23.3. The largest absolute Gasteiger partial charge is 0.441 e. The lowest BCUT2D eigenvalue weighted by molar-refractivity contribution is -0.135. The van der Waals surface area contributed by atoms with Gasteiger partial charge in [-0.05, 0) is 37.3 Å². The molecule has 172 valence electrons.